The van der Waals surface area contributed by atoms with Gasteiger partial charge in [0.2, 0.25) is 0 Å². The first-order valence-corrected chi connectivity index (χ1v) is 5.92. The van der Waals surface area contributed by atoms with Gasteiger partial charge in [-0.05, 0) is 31.2 Å². The van der Waals surface area contributed by atoms with E-state index < -0.39 is 11.7 Å². The summed E-state index contributed by atoms with van der Waals surface area (Å²) < 4.78 is 13.5. The molecule has 0 bridgehead atoms. The van der Waals surface area contributed by atoms with Gasteiger partial charge in [0.1, 0.15) is 11.6 Å². The summed E-state index contributed by atoms with van der Waals surface area (Å²) in [6.07, 6.45) is 0. The van der Waals surface area contributed by atoms with Gasteiger partial charge in [0.05, 0.1) is 16.3 Å². The van der Waals surface area contributed by atoms with Crippen LogP contribution in [0.4, 0.5) is 10.1 Å². The van der Waals surface area contributed by atoms with Crippen molar-refractivity contribution in [3.63, 3.8) is 0 Å². The van der Waals surface area contributed by atoms with Crippen LogP contribution in [0.15, 0.2) is 36.4 Å². The standard InChI is InChI=1S/C14H11ClFNO2/c1-8-5-6-12(18)9(7-8)14(19)17-13-10(15)3-2-4-11(13)16/h2-7,18H,1H3,(H,17,19). The number of aryl methyl sites for hydroxylation is 1. The van der Waals surface area contributed by atoms with Crippen molar-refractivity contribution in [1.29, 1.82) is 0 Å². The molecule has 0 aliphatic heterocycles. The van der Waals surface area contributed by atoms with Crippen LogP contribution in [0.3, 0.4) is 0 Å². The molecule has 0 aliphatic rings. The summed E-state index contributed by atoms with van der Waals surface area (Å²) in [5.74, 6) is -1.42. The largest absolute Gasteiger partial charge is 0.507 e. The van der Waals surface area contributed by atoms with Gasteiger partial charge in [-0.2, -0.15) is 0 Å². The summed E-state index contributed by atoms with van der Waals surface area (Å²) in [5.41, 5.74) is 0.775. The normalized spacial score (nSPS) is 10.3. The van der Waals surface area contributed by atoms with Gasteiger partial charge in [-0.3, -0.25) is 4.79 Å². The first-order chi connectivity index (χ1) is 8.99. The Balaban J connectivity index is 2.34. The maximum Gasteiger partial charge on any atom is 0.259 e. The number of phenolic OH excluding ortho intramolecular Hbond substituents is 1. The van der Waals surface area contributed by atoms with Crippen molar-refractivity contribution >= 4 is 23.2 Å². The lowest BCUT2D eigenvalue weighted by Crippen LogP contribution is -2.13. The van der Waals surface area contributed by atoms with E-state index in [9.17, 15) is 14.3 Å². The summed E-state index contributed by atoms with van der Waals surface area (Å²) in [6.45, 7) is 1.78. The van der Waals surface area contributed by atoms with E-state index in [1.165, 1.54) is 30.3 Å². The monoisotopic (exact) mass is 279 g/mol. The van der Waals surface area contributed by atoms with Crippen molar-refractivity contribution in [3.8, 4) is 5.75 Å². The lowest BCUT2D eigenvalue weighted by molar-refractivity contribution is 0.102. The van der Waals surface area contributed by atoms with Crippen LogP contribution in [0.25, 0.3) is 0 Å². The van der Waals surface area contributed by atoms with E-state index in [2.05, 4.69) is 5.32 Å². The van der Waals surface area contributed by atoms with Gasteiger partial charge in [0.15, 0.2) is 0 Å². The summed E-state index contributed by atoms with van der Waals surface area (Å²) >= 11 is 5.81. The molecule has 0 aromatic heterocycles. The van der Waals surface area contributed by atoms with Crippen LogP contribution in [-0.2, 0) is 0 Å². The molecular formula is C14H11ClFNO2. The van der Waals surface area contributed by atoms with Gasteiger partial charge in [-0.1, -0.05) is 29.3 Å². The molecule has 1 amide bonds. The Labute approximate surface area is 114 Å². The fourth-order valence-electron chi connectivity index (χ4n) is 1.63. The maximum atomic E-state index is 13.5. The molecule has 0 atom stereocenters. The predicted octanol–water partition coefficient (Wildman–Crippen LogP) is 3.75. The molecule has 98 valence electrons. The smallest absolute Gasteiger partial charge is 0.259 e. The second-order valence-corrected chi connectivity index (χ2v) is 4.48. The van der Waals surface area contributed by atoms with E-state index in [1.54, 1.807) is 13.0 Å². The number of para-hydroxylation sites is 1. The Kier molecular flexibility index (Phi) is 3.71. The number of phenols is 1. The molecule has 19 heavy (non-hydrogen) atoms. The number of aromatic hydroxyl groups is 1. The third-order valence-corrected chi connectivity index (χ3v) is 2.91. The van der Waals surface area contributed by atoms with E-state index in [0.29, 0.717) is 0 Å². The van der Waals surface area contributed by atoms with Crippen molar-refractivity contribution in [3.05, 3.63) is 58.4 Å². The molecule has 0 heterocycles. The minimum Gasteiger partial charge on any atom is -0.507 e. The zero-order chi connectivity index (χ0) is 14.0. The number of halogens is 2. The van der Waals surface area contributed by atoms with E-state index >= 15 is 0 Å². The molecule has 0 radical (unpaired) electrons. The van der Waals surface area contributed by atoms with Crippen molar-refractivity contribution in [2.24, 2.45) is 0 Å². The van der Waals surface area contributed by atoms with Crippen molar-refractivity contribution in [1.82, 2.24) is 0 Å². The highest BCUT2D eigenvalue weighted by molar-refractivity contribution is 6.34. The van der Waals surface area contributed by atoms with E-state index in [1.807, 2.05) is 0 Å². The molecule has 0 saturated carbocycles. The fraction of sp³-hybridized carbons (Fsp3) is 0.0714. The van der Waals surface area contributed by atoms with Gasteiger partial charge in [-0.25, -0.2) is 4.39 Å². The number of carbonyl (C=O) groups excluding carboxylic acids is 1. The van der Waals surface area contributed by atoms with Crippen LogP contribution in [0, 0.1) is 12.7 Å². The second kappa shape index (κ2) is 5.28. The first kappa shape index (κ1) is 13.4. The predicted molar refractivity (Wildman–Crippen MR) is 72.2 cm³/mol. The number of amides is 1. The van der Waals surface area contributed by atoms with Crippen LogP contribution >= 0.6 is 11.6 Å². The summed E-state index contributed by atoms with van der Waals surface area (Å²) in [5, 5.41) is 12.1. The van der Waals surface area contributed by atoms with E-state index in [-0.39, 0.29) is 22.0 Å². The molecule has 2 aromatic rings. The lowest BCUT2D eigenvalue weighted by Gasteiger charge is -2.09. The number of benzene rings is 2. The molecule has 3 nitrogen and oxygen atoms in total. The van der Waals surface area contributed by atoms with Crippen LogP contribution in [0.5, 0.6) is 5.75 Å². The highest BCUT2D eigenvalue weighted by atomic mass is 35.5. The Morgan fingerprint density at radius 1 is 1.32 bits per heavy atom. The number of anilines is 1. The average molecular weight is 280 g/mol. The van der Waals surface area contributed by atoms with E-state index in [0.717, 1.165) is 5.56 Å². The first-order valence-electron chi connectivity index (χ1n) is 5.54. The SMILES string of the molecule is Cc1ccc(O)c(C(=O)Nc2c(F)cccc2Cl)c1. The quantitative estimate of drug-likeness (QED) is 0.880. The van der Waals surface area contributed by atoms with Crippen molar-refractivity contribution in [2.75, 3.05) is 5.32 Å². The molecule has 0 saturated heterocycles. The zero-order valence-corrected chi connectivity index (χ0v) is 10.8. The number of carbonyl (C=O) groups is 1. The van der Waals surface area contributed by atoms with Gasteiger partial charge in [0, 0.05) is 0 Å². The number of hydrogen-bond donors (Lipinski definition) is 2. The number of nitrogens with one attached hydrogen (secondary N) is 1. The molecule has 0 aliphatic carbocycles. The summed E-state index contributed by atoms with van der Waals surface area (Å²) in [6, 6.07) is 8.69. The van der Waals surface area contributed by atoms with Gasteiger partial charge in [-0.15, -0.1) is 0 Å². The van der Waals surface area contributed by atoms with Gasteiger partial charge in [0.25, 0.3) is 5.91 Å². The number of hydrogen-bond acceptors (Lipinski definition) is 2. The summed E-state index contributed by atoms with van der Waals surface area (Å²) in [7, 11) is 0. The van der Waals surface area contributed by atoms with Crippen LogP contribution in [0.2, 0.25) is 5.02 Å². The molecule has 0 fully saturated rings. The highest BCUT2D eigenvalue weighted by Gasteiger charge is 2.15. The lowest BCUT2D eigenvalue weighted by atomic mass is 10.1. The Bertz CT molecular complexity index is 623. The second-order valence-electron chi connectivity index (χ2n) is 4.07. The molecule has 2 N–H and O–H groups in total. The topological polar surface area (TPSA) is 49.3 Å². The highest BCUT2D eigenvalue weighted by Crippen LogP contribution is 2.26. The Morgan fingerprint density at radius 3 is 2.74 bits per heavy atom. The van der Waals surface area contributed by atoms with Crippen LogP contribution in [0.1, 0.15) is 15.9 Å². The van der Waals surface area contributed by atoms with Crippen LogP contribution < -0.4 is 5.32 Å². The molecular weight excluding hydrogens is 269 g/mol. The molecule has 2 rings (SSSR count). The van der Waals surface area contributed by atoms with Crippen molar-refractivity contribution in [2.45, 2.75) is 6.92 Å². The molecule has 0 unspecified atom stereocenters. The maximum absolute atomic E-state index is 13.5. The van der Waals surface area contributed by atoms with Crippen molar-refractivity contribution < 1.29 is 14.3 Å². The Hall–Kier alpha value is -2.07. The summed E-state index contributed by atoms with van der Waals surface area (Å²) in [4.78, 5) is 12.0. The minimum absolute atomic E-state index is 0.0688. The fourth-order valence-corrected chi connectivity index (χ4v) is 1.84. The minimum atomic E-state index is -0.631. The average Bonchev–Trinajstić information content (AvgIpc) is 2.37. The molecule has 0 spiro atoms. The number of rotatable bonds is 2. The molecule has 2 aromatic carbocycles. The zero-order valence-electron chi connectivity index (χ0n) is 10.1. The third kappa shape index (κ3) is 2.85. The molecule has 5 heteroatoms. The van der Waals surface area contributed by atoms with Gasteiger partial charge >= 0.3 is 0 Å². The van der Waals surface area contributed by atoms with Crippen LogP contribution in [-0.4, -0.2) is 11.0 Å². The van der Waals surface area contributed by atoms with Gasteiger partial charge < -0.3 is 10.4 Å². The van der Waals surface area contributed by atoms with E-state index in [4.69, 9.17) is 11.6 Å². The Morgan fingerprint density at radius 2 is 2.05 bits per heavy atom. The third-order valence-electron chi connectivity index (χ3n) is 2.60.